The van der Waals surface area contributed by atoms with Crippen molar-refractivity contribution < 1.29 is 24.0 Å². The fraction of sp³-hybridized carbons (Fsp3) is 0.455. The highest BCUT2D eigenvalue weighted by Gasteiger charge is 2.30. The second-order valence-corrected chi connectivity index (χ2v) is 7.23. The van der Waals surface area contributed by atoms with Crippen molar-refractivity contribution in [2.75, 3.05) is 7.05 Å². The van der Waals surface area contributed by atoms with E-state index in [-0.39, 0.29) is 13.8 Å². The Balaban J connectivity index is 0.00000182. The number of piperidine rings is 1. The van der Waals surface area contributed by atoms with E-state index in [1.54, 1.807) is 0 Å². The van der Waals surface area contributed by atoms with Crippen LogP contribution in [-0.2, 0) is 0 Å². The summed E-state index contributed by atoms with van der Waals surface area (Å²) in [6.45, 7) is 0. The third kappa shape index (κ3) is 5.31. The van der Waals surface area contributed by atoms with Crippen molar-refractivity contribution in [1.29, 1.82) is 0 Å². The number of halogens is 1. The molecule has 1 heterocycles. The van der Waals surface area contributed by atoms with Gasteiger partial charge >= 0.3 is 1.43 Å². The third-order valence-corrected chi connectivity index (χ3v) is 5.59. The molecule has 2 N–H and O–H groups in total. The first-order chi connectivity index (χ1) is 12.1. The molecule has 1 saturated heterocycles. The first-order valence-corrected chi connectivity index (χ1v) is 9.33. The summed E-state index contributed by atoms with van der Waals surface area (Å²) in [6.07, 6.45) is 4.02. The van der Waals surface area contributed by atoms with Crippen molar-refractivity contribution in [2.45, 2.75) is 56.4 Å². The Labute approximate surface area is 164 Å². The normalized spacial score (nSPS) is 23.0. The van der Waals surface area contributed by atoms with E-state index in [0.29, 0.717) is 12.1 Å². The van der Waals surface area contributed by atoms with Crippen LogP contribution in [0.4, 0.5) is 0 Å². The molecule has 0 bridgehead atoms. The molecule has 2 aromatic rings. The number of hydrogen-bond acceptors (Lipinski definition) is 3. The molecule has 1 fully saturated rings. The van der Waals surface area contributed by atoms with Gasteiger partial charge in [0.2, 0.25) is 0 Å². The molecule has 0 saturated carbocycles. The lowest BCUT2D eigenvalue weighted by atomic mass is 9.88. The van der Waals surface area contributed by atoms with E-state index in [9.17, 15) is 10.2 Å². The Bertz CT molecular complexity index is 588. The van der Waals surface area contributed by atoms with Gasteiger partial charge in [0.15, 0.2) is 0 Å². The molecule has 1 aliphatic rings. The summed E-state index contributed by atoms with van der Waals surface area (Å²) in [4.78, 5) is 2.38. The molecular weight excluding hydrogens is 346 g/mol. The molecule has 0 aliphatic carbocycles. The molecule has 3 nitrogen and oxygen atoms in total. The molecule has 142 valence electrons. The summed E-state index contributed by atoms with van der Waals surface area (Å²) >= 11 is 0. The number of benzene rings is 2. The molecule has 2 aromatic carbocycles. The van der Waals surface area contributed by atoms with Gasteiger partial charge in [0, 0.05) is 12.1 Å². The molecule has 4 atom stereocenters. The highest BCUT2D eigenvalue weighted by molar-refractivity contribution is 5.18. The van der Waals surface area contributed by atoms with Crippen LogP contribution in [0.1, 0.15) is 56.9 Å². The predicted octanol–water partition coefficient (Wildman–Crippen LogP) is 1.20. The molecule has 3 rings (SSSR count). The zero-order valence-corrected chi connectivity index (χ0v) is 16.1. The van der Waals surface area contributed by atoms with Crippen LogP contribution in [0.2, 0.25) is 0 Å². The van der Waals surface area contributed by atoms with Crippen LogP contribution >= 0.6 is 0 Å². The highest BCUT2D eigenvalue weighted by atomic mass is 35.5. The fourth-order valence-corrected chi connectivity index (χ4v) is 4.00. The molecule has 0 aromatic heterocycles. The molecule has 4 heteroatoms. The summed E-state index contributed by atoms with van der Waals surface area (Å²) in [5.41, 5.74) is 1.98. The van der Waals surface area contributed by atoms with E-state index in [2.05, 4.69) is 11.9 Å². The second kappa shape index (κ2) is 10.1. The smallest absolute Gasteiger partial charge is 1.00 e. The van der Waals surface area contributed by atoms with Gasteiger partial charge in [-0.3, -0.25) is 0 Å². The number of nitrogens with zero attached hydrogens (tertiary/aromatic N) is 1. The minimum Gasteiger partial charge on any atom is -1.00 e. The molecule has 0 radical (unpaired) electrons. The summed E-state index contributed by atoms with van der Waals surface area (Å²) in [6, 6.07) is 20.5. The molecule has 1 aliphatic heterocycles. The zero-order valence-electron chi connectivity index (χ0n) is 16.3. The standard InChI is InChI=1S/C22H29NO2.ClH/c1-23-19(15-21(24)17-9-4-2-5-10-17)13-8-14-20(23)16-22(25)18-11-6-3-7-12-18;/h2-7,9-12,19-22,24-25H,8,13-16H2,1H3;1H. The van der Waals surface area contributed by atoms with Gasteiger partial charge in [-0.25, -0.2) is 0 Å². The van der Waals surface area contributed by atoms with Gasteiger partial charge in [-0.05, 0) is 43.9 Å². The van der Waals surface area contributed by atoms with Crippen molar-refractivity contribution in [3.05, 3.63) is 71.8 Å². The van der Waals surface area contributed by atoms with Crippen LogP contribution in [0.5, 0.6) is 0 Å². The van der Waals surface area contributed by atoms with Gasteiger partial charge in [-0.15, -0.1) is 0 Å². The minimum atomic E-state index is -0.425. The van der Waals surface area contributed by atoms with E-state index in [0.717, 1.165) is 43.2 Å². The summed E-state index contributed by atoms with van der Waals surface area (Å²) in [5, 5.41) is 21.1. The predicted molar refractivity (Wildman–Crippen MR) is 102 cm³/mol. The Kier molecular flexibility index (Phi) is 8.11. The molecule has 4 unspecified atom stereocenters. The Hall–Kier alpha value is -1.39. The average Bonchev–Trinajstić information content (AvgIpc) is 2.66. The van der Waals surface area contributed by atoms with E-state index in [4.69, 9.17) is 0 Å². The number of rotatable bonds is 6. The van der Waals surface area contributed by atoms with E-state index in [1.165, 1.54) is 0 Å². The number of aliphatic hydroxyl groups excluding tert-OH is 2. The third-order valence-electron chi connectivity index (χ3n) is 5.59. The van der Waals surface area contributed by atoms with Gasteiger partial charge in [0.05, 0.1) is 12.2 Å². The van der Waals surface area contributed by atoms with Crippen LogP contribution in [0, 0.1) is 0 Å². The van der Waals surface area contributed by atoms with Crippen molar-refractivity contribution in [3.8, 4) is 0 Å². The van der Waals surface area contributed by atoms with Gasteiger partial charge in [0.1, 0.15) is 0 Å². The SMILES string of the molecule is CN1C(CC(O)c2ccccc2)CCCC1CC(O)c1ccccc1.[Cl-].[H+]. The fourth-order valence-electron chi connectivity index (χ4n) is 4.00. The van der Waals surface area contributed by atoms with Gasteiger partial charge < -0.3 is 27.5 Å². The van der Waals surface area contributed by atoms with Gasteiger partial charge in [-0.1, -0.05) is 67.1 Å². The monoisotopic (exact) mass is 375 g/mol. The maximum absolute atomic E-state index is 10.6. The number of aliphatic hydroxyl groups is 2. The second-order valence-electron chi connectivity index (χ2n) is 7.23. The topological polar surface area (TPSA) is 43.7 Å². The molecular formula is C22H30ClNO2. The van der Waals surface area contributed by atoms with E-state index < -0.39 is 12.2 Å². The number of likely N-dealkylation sites (tertiary alicyclic amines) is 1. The lowest BCUT2D eigenvalue weighted by Crippen LogP contribution is -3.00. The summed E-state index contributed by atoms with van der Waals surface area (Å²) in [5.74, 6) is 0. The zero-order chi connectivity index (χ0) is 17.6. The summed E-state index contributed by atoms with van der Waals surface area (Å²) in [7, 11) is 2.14. The maximum Gasteiger partial charge on any atom is 1.00 e. The lowest BCUT2D eigenvalue weighted by molar-refractivity contribution is -0.0000152. The van der Waals surface area contributed by atoms with Gasteiger partial charge in [0.25, 0.3) is 0 Å². The van der Waals surface area contributed by atoms with Crippen molar-refractivity contribution in [1.82, 2.24) is 4.90 Å². The first kappa shape index (κ1) is 20.9. The van der Waals surface area contributed by atoms with Crippen molar-refractivity contribution >= 4 is 0 Å². The largest absolute Gasteiger partial charge is 1.00 e. The maximum atomic E-state index is 10.6. The Morgan fingerprint density at radius 2 is 1.23 bits per heavy atom. The lowest BCUT2D eigenvalue weighted by Gasteiger charge is -2.41. The quantitative estimate of drug-likeness (QED) is 0.797. The molecule has 0 amide bonds. The Morgan fingerprint density at radius 1 is 0.846 bits per heavy atom. The average molecular weight is 376 g/mol. The van der Waals surface area contributed by atoms with Crippen LogP contribution in [0.3, 0.4) is 0 Å². The van der Waals surface area contributed by atoms with Crippen LogP contribution in [0.25, 0.3) is 0 Å². The van der Waals surface area contributed by atoms with Crippen LogP contribution < -0.4 is 12.4 Å². The summed E-state index contributed by atoms with van der Waals surface area (Å²) < 4.78 is 0. The van der Waals surface area contributed by atoms with Gasteiger partial charge in [-0.2, -0.15) is 0 Å². The minimum absolute atomic E-state index is 0. The molecule has 26 heavy (non-hydrogen) atoms. The number of hydrogen-bond donors (Lipinski definition) is 2. The highest BCUT2D eigenvalue weighted by Crippen LogP contribution is 2.32. The van der Waals surface area contributed by atoms with Crippen molar-refractivity contribution in [2.24, 2.45) is 0 Å². The Morgan fingerprint density at radius 3 is 1.62 bits per heavy atom. The first-order valence-electron chi connectivity index (χ1n) is 9.33. The van der Waals surface area contributed by atoms with E-state index >= 15 is 0 Å². The van der Waals surface area contributed by atoms with Crippen molar-refractivity contribution in [3.63, 3.8) is 0 Å². The van der Waals surface area contributed by atoms with Crippen LogP contribution in [-0.4, -0.2) is 34.2 Å². The van der Waals surface area contributed by atoms with E-state index in [1.807, 2.05) is 60.7 Å². The molecule has 0 spiro atoms. The van der Waals surface area contributed by atoms with Crippen LogP contribution in [0.15, 0.2) is 60.7 Å².